The monoisotopic (exact) mass is 291 g/mol. The zero-order valence-electron chi connectivity index (χ0n) is 10.4. The molecule has 0 saturated carbocycles. The number of halogens is 3. The maximum Gasteiger partial charge on any atom is 0.416 e. The lowest BCUT2D eigenvalue weighted by Gasteiger charge is -2.11. The molecular weight excluding hydrogens is 279 g/mol. The molecular formula is C12H12F3NO4. The van der Waals surface area contributed by atoms with Crippen LogP contribution in [0.5, 0.6) is 5.75 Å². The number of carboxylic acid groups (broad SMARTS) is 1. The van der Waals surface area contributed by atoms with E-state index < -0.39 is 36.3 Å². The lowest BCUT2D eigenvalue weighted by atomic mass is 10.2. The Morgan fingerprint density at radius 1 is 1.40 bits per heavy atom. The predicted molar refractivity (Wildman–Crippen MR) is 62.2 cm³/mol. The predicted octanol–water partition coefficient (Wildman–Crippen LogP) is 1.67. The van der Waals surface area contributed by atoms with Crippen molar-refractivity contribution in [2.24, 2.45) is 0 Å². The van der Waals surface area contributed by atoms with Gasteiger partial charge in [-0.2, -0.15) is 13.2 Å². The van der Waals surface area contributed by atoms with Gasteiger partial charge in [-0.1, -0.05) is 6.07 Å². The Kier molecular flexibility index (Phi) is 4.95. The van der Waals surface area contributed by atoms with E-state index in [9.17, 15) is 22.8 Å². The third kappa shape index (κ3) is 4.79. The average molecular weight is 291 g/mol. The SMILES string of the molecule is C[C@@H](NC(=O)COc1cccc(C(F)(F)F)c1)C(=O)O. The number of nitrogens with one attached hydrogen (secondary N) is 1. The van der Waals surface area contributed by atoms with Crippen LogP contribution < -0.4 is 10.1 Å². The number of carbonyl (C=O) groups excluding carboxylic acids is 1. The highest BCUT2D eigenvalue weighted by Gasteiger charge is 2.30. The zero-order chi connectivity index (χ0) is 15.3. The maximum absolute atomic E-state index is 12.4. The van der Waals surface area contributed by atoms with Crippen molar-refractivity contribution in [3.63, 3.8) is 0 Å². The third-order valence-corrected chi connectivity index (χ3v) is 2.28. The van der Waals surface area contributed by atoms with Crippen LogP contribution in [0.4, 0.5) is 13.2 Å². The van der Waals surface area contributed by atoms with Crippen molar-refractivity contribution in [3.8, 4) is 5.75 Å². The van der Waals surface area contributed by atoms with Crippen LogP contribution in [-0.2, 0) is 15.8 Å². The van der Waals surface area contributed by atoms with Gasteiger partial charge in [0, 0.05) is 0 Å². The summed E-state index contributed by atoms with van der Waals surface area (Å²) in [4.78, 5) is 21.8. The molecule has 110 valence electrons. The number of hydrogen-bond donors (Lipinski definition) is 2. The molecule has 0 aliphatic carbocycles. The number of amides is 1. The van der Waals surface area contributed by atoms with Crippen molar-refractivity contribution < 1.29 is 32.6 Å². The van der Waals surface area contributed by atoms with E-state index in [2.05, 4.69) is 5.32 Å². The zero-order valence-corrected chi connectivity index (χ0v) is 10.4. The molecule has 5 nitrogen and oxygen atoms in total. The Hall–Kier alpha value is -2.25. The van der Waals surface area contributed by atoms with E-state index in [1.54, 1.807) is 0 Å². The Morgan fingerprint density at radius 3 is 2.60 bits per heavy atom. The standard InChI is InChI=1S/C12H12F3NO4/c1-7(11(18)19)16-10(17)6-20-9-4-2-3-8(5-9)12(13,14)15/h2-5,7H,6H2,1H3,(H,16,17)(H,18,19)/t7-/m1/s1. The summed E-state index contributed by atoms with van der Waals surface area (Å²) < 4.78 is 42.2. The van der Waals surface area contributed by atoms with Crippen LogP contribution in [-0.4, -0.2) is 29.6 Å². The quantitative estimate of drug-likeness (QED) is 0.865. The summed E-state index contributed by atoms with van der Waals surface area (Å²) in [6, 6.07) is 2.94. The van der Waals surface area contributed by atoms with Crippen LogP contribution >= 0.6 is 0 Å². The summed E-state index contributed by atoms with van der Waals surface area (Å²) in [6.45, 7) is 0.684. The number of carboxylic acids is 1. The van der Waals surface area contributed by atoms with Crippen LogP contribution in [0.1, 0.15) is 12.5 Å². The van der Waals surface area contributed by atoms with Gasteiger partial charge in [-0.05, 0) is 25.1 Å². The maximum atomic E-state index is 12.4. The Morgan fingerprint density at radius 2 is 2.05 bits per heavy atom. The molecule has 1 rings (SSSR count). The molecule has 0 bridgehead atoms. The second-order valence-corrected chi connectivity index (χ2v) is 3.94. The summed E-state index contributed by atoms with van der Waals surface area (Å²) in [5.41, 5.74) is -0.894. The number of rotatable bonds is 5. The van der Waals surface area contributed by atoms with Crippen LogP contribution in [0.25, 0.3) is 0 Å². The molecule has 0 radical (unpaired) electrons. The van der Waals surface area contributed by atoms with Gasteiger partial charge in [0.05, 0.1) is 5.56 Å². The van der Waals surface area contributed by atoms with Gasteiger partial charge in [0.2, 0.25) is 0 Å². The minimum Gasteiger partial charge on any atom is -0.484 e. The fourth-order valence-electron chi connectivity index (χ4n) is 1.26. The fourth-order valence-corrected chi connectivity index (χ4v) is 1.26. The largest absolute Gasteiger partial charge is 0.484 e. The van der Waals surface area contributed by atoms with E-state index in [0.29, 0.717) is 0 Å². The molecule has 0 saturated heterocycles. The molecule has 8 heteroatoms. The van der Waals surface area contributed by atoms with Gasteiger partial charge in [0.25, 0.3) is 5.91 Å². The molecule has 20 heavy (non-hydrogen) atoms. The van der Waals surface area contributed by atoms with Crippen molar-refractivity contribution in [1.29, 1.82) is 0 Å². The molecule has 0 unspecified atom stereocenters. The molecule has 0 aromatic heterocycles. The molecule has 0 aliphatic rings. The molecule has 0 spiro atoms. The van der Waals surface area contributed by atoms with Gasteiger partial charge in [0.15, 0.2) is 6.61 Å². The molecule has 1 amide bonds. The number of carbonyl (C=O) groups is 2. The Labute approximate surface area is 112 Å². The first kappa shape index (κ1) is 15.8. The van der Waals surface area contributed by atoms with Crippen molar-refractivity contribution >= 4 is 11.9 Å². The second-order valence-electron chi connectivity index (χ2n) is 3.94. The number of benzene rings is 1. The number of aliphatic carboxylic acids is 1. The summed E-state index contributed by atoms with van der Waals surface area (Å²) in [6.07, 6.45) is -4.50. The lowest BCUT2D eigenvalue weighted by molar-refractivity contribution is -0.141. The Bertz CT molecular complexity index is 502. The van der Waals surface area contributed by atoms with E-state index in [1.165, 1.54) is 13.0 Å². The molecule has 0 fully saturated rings. The average Bonchev–Trinajstić information content (AvgIpc) is 2.35. The Balaban J connectivity index is 2.58. The number of hydrogen-bond acceptors (Lipinski definition) is 3. The molecule has 2 N–H and O–H groups in total. The fraction of sp³-hybridized carbons (Fsp3) is 0.333. The highest BCUT2D eigenvalue weighted by Crippen LogP contribution is 2.31. The first-order valence-corrected chi connectivity index (χ1v) is 5.52. The minimum atomic E-state index is -4.50. The molecule has 0 aliphatic heterocycles. The van der Waals surface area contributed by atoms with Crippen molar-refractivity contribution in [2.75, 3.05) is 6.61 Å². The van der Waals surface area contributed by atoms with Crippen molar-refractivity contribution in [3.05, 3.63) is 29.8 Å². The highest BCUT2D eigenvalue weighted by molar-refractivity contribution is 5.84. The molecule has 1 atom stereocenters. The van der Waals surface area contributed by atoms with E-state index in [0.717, 1.165) is 18.2 Å². The normalized spacial score (nSPS) is 12.6. The van der Waals surface area contributed by atoms with Crippen LogP contribution in [0.2, 0.25) is 0 Å². The summed E-state index contributed by atoms with van der Waals surface area (Å²) >= 11 is 0. The van der Waals surface area contributed by atoms with Gasteiger partial charge in [-0.15, -0.1) is 0 Å². The van der Waals surface area contributed by atoms with Crippen LogP contribution in [0.3, 0.4) is 0 Å². The summed E-state index contributed by atoms with van der Waals surface area (Å²) in [7, 11) is 0. The summed E-state index contributed by atoms with van der Waals surface area (Å²) in [5.74, 6) is -2.09. The van der Waals surface area contributed by atoms with Crippen molar-refractivity contribution in [2.45, 2.75) is 19.1 Å². The third-order valence-electron chi connectivity index (χ3n) is 2.28. The molecule has 1 aromatic rings. The van der Waals surface area contributed by atoms with E-state index >= 15 is 0 Å². The second kappa shape index (κ2) is 6.27. The van der Waals surface area contributed by atoms with Gasteiger partial charge in [-0.3, -0.25) is 9.59 Å². The number of alkyl halides is 3. The lowest BCUT2D eigenvalue weighted by Crippen LogP contribution is -2.40. The van der Waals surface area contributed by atoms with E-state index in [1.807, 2.05) is 0 Å². The highest BCUT2D eigenvalue weighted by atomic mass is 19.4. The van der Waals surface area contributed by atoms with E-state index in [4.69, 9.17) is 9.84 Å². The first-order chi connectivity index (χ1) is 9.20. The molecule has 0 heterocycles. The first-order valence-electron chi connectivity index (χ1n) is 5.52. The topological polar surface area (TPSA) is 75.6 Å². The van der Waals surface area contributed by atoms with Gasteiger partial charge in [-0.25, -0.2) is 0 Å². The minimum absolute atomic E-state index is 0.127. The van der Waals surface area contributed by atoms with Crippen molar-refractivity contribution in [1.82, 2.24) is 5.32 Å². The van der Waals surface area contributed by atoms with Crippen LogP contribution in [0.15, 0.2) is 24.3 Å². The molecule has 1 aromatic carbocycles. The van der Waals surface area contributed by atoms with Gasteiger partial charge < -0.3 is 15.2 Å². The number of ether oxygens (including phenoxy) is 1. The smallest absolute Gasteiger partial charge is 0.416 e. The summed E-state index contributed by atoms with van der Waals surface area (Å²) in [5, 5.41) is 10.7. The van der Waals surface area contributed by atoms with Crippen LogP contribution in [0, 0.1) is 0 Å². The van der Waals surface area contributed by atoms with E-state index in [-0.39, 0.29) is 5.75 Å². The van der Waals surface area contributed by atoms with Gasteiger partial charge >= 0.3 is 12.1 Å². The van der Waals surface area contributed by atoms with Gasteiger partial charge in [0.1, 0.15) is 11.8 Å².